The zero-order valence-electron chi connectivity index (χ0n) is 12.4. The van der Waals surface area contributed by atoms with Gasteiger partial charge in [0.15, 0.2) is 5.03 Å². The van der Waals surface area contributed by atoms with Crippen LogP contribution >= 0.6 is 0 Å². The summed E-state index contributed by atoms with van der Waals surface area (Å²) in [4.78, 5) is 4.21. The number of aromatic nitrogens is 2. The fourth-order valence-electron chi connectivity index (χ4n) is 2.80. The second kappa shape index (κ2) is 5.83. The Labute approximate surface area is 121 Å². The van der Waals surface area contributed by atoms with E-state index in [0.717, 1.165) is 25.1 Å². The highest BCUT2D eigenvalue weighted by Crippen LogP contribution is 2.26. The Bertz CT molecular complexity index is 565. The van der Waals surface area contributed by atoms with Crippen LogP contribution in [0.2, 0.25) is 0 Å². The molecular formula is C13H24N4O2S. The normalized spacial score (nSPS) is 22.9. The molecule has 114 valence electrons. The molecule has 20 heavy (non-hydrogen) atoms. The molecule has 2 rings (SSSR count). The van der Waals surface area contributed by atoms with Crippen molar-refractivity contribution in [2.75, 3.05) is 6.54 Å². The first kappa shape index (κ1) is 15.5. The fraction of sp³-hybridized carbons (Fsp3) is 0.769. The molecule has 1 saturated heterocycles. The van der Waals surface area contributed by atoms with Crippen LogP contribution in [-0.2, 0) is 16.6 Å². The van der Waals surface area contributed by atoms with Crippen molar-refractivity contribution >= 4 is 10.0 Å². The minimum Gasteiger partial charge on any atom is -0.334 e. The second-order valence-electron chi connectivity index (χ2n) is 5.45. The molecule has 0 saturated carbocycles. The number of hydrogen-bond acceptors (Lipinski definition) is 4. The average molecular weight is 300 g/mol. The van der Waals surface area contributed by atoms with E-state index >= 15 is 0 Å². The number of sulfonamides is 1. The average Bonchev–Trinajstić information content (AvgIpc) is 2.80. The summed E-state index contributed by atoms with van der Waals surface area (Å²) in [5.41, 5.74) is 5.96. The first-order valence-corrected chi connectivity index (χ1v) is 8.63. The van der Waals surface area contributed by atoms with Crippen molar-refractivity contribution in [3.05, 3.63) is 12.0 Å². The third-order valence-electron chi connectivity index (χ3n) is 3.97. The van der Waals surface area contributed by atoms with Gasteiger partial charge in [0.2, 0.25) is 0 Å². The number of nitrogens with zero attached hydrogens (tertiary/aromatic N) is 3. The predicted molar refractivity (Wildman–Crippen MR) is 77.8 cm³/mol. The van der Waals surface area contributed by atoms with Crippen LogP contribution in [0.15, 0.2) is 11.2 Å². The highest BCUT2D eigenvalue weighted by Gasteiger charge is 2.36. The molecule has 0 aromatic carbocycles. The minimum absolute atomic E-state index is 0.124. The van der Waals surface area contributed by atoms with Gasteiger partial charge in [-0.1, -0.05) is 6.42 Å². The van der Waals surface area contributed by atoms with Crippen molar-refractivity contribution in [2.24, 2.45) is 5.73 Å². The van der Waals surface area contributed by atoms with Gasteiger partial charge in [-0.15, -0.1) is 0 Å². The Balaban J connectivity index is 2.36. The van der Waals surface area contributed by atoms with Gasteiger partial charge >= 0.3 is 0 Å². The predicted octanol–water partition coefficient (Wildman–Crippen LogP) is 1.10. The van der Waals surface area contributed by atoms with Crippen LogP contribution in [0.3, 0.4) is 0 Å². The maximum absolute atomic E-state index is 12.8. The van der Waals surface area contributed by atoms with E-state index in [0.29, 0.717) is 13.1 Å². The molecule has 1 aromatic rings. The lowest BCUT2D eigenvalue weighted by Gasteiger charge is -2.36. The summed E-state index contributed by atoms with van der Waals surface area (Å²) < 4.78 is 28.9. The van der Waals surface area contributed by atoms with Gasteiger partial charge in [-0.3, -0.25) is 0 Å². The summed E-state index contributed by atoms with van der Waals surface area (Å²) in [5.74, 6) is 0.723. The summed E-state index contributed by atoms with van der Waals surface area (Å²) in [7, 11) is -3.55. The topological polar surface area (TPSA) is 81.2 Å². The van der Waals surface area contributed by atoms with E-state index in [9.17, 15) is 8.42 Å². The lowest BCUT2D eigenvalue weighted by atomic mass is 10.00. The van der Waals surface area contributed by atoms with Crippen LogP contribution in [0.4, 0.5) is 0 Å². The van der Waals surface area contributed by atoms with Gasteiger partial charge in [-0.2, -0.15) is 4.31 Å². The fourth-order valence-corrected chi connectivity index (χ4v) is 4.57. The molecular weight excluding hydrogens is 276 g/mol. The number of hydrogen-bond donors (Lipinski definition) is 1. The first-order valence-electron chi connectivity index (χ1n) is 7.19. The van der Waals surface area contributed by atoms with Gasteiger partial charge in [-0.05, 0) is 33.6 Å². The van der Waals surface area contributed by atoms with E-state index in [4.69, 9.17) is 5.73 Å². The number of rotatable bonds is 4. The molecule has 2 unspecified atom stereocenters. The molecule has 0 amide bonds. The molecule has 6 nitrogen and oxygen atoms in total. The van der Waals surface area contributed by atoms with E-state index in [1.165, 1.54) is 0 Å². The lowest BCUT2D eigenvalue weighted by Crippen LogP contribution is -2.51. The van der Waals surface area contributed by atoms with Crippen molar-refractivity contribution in [1.82, 2.24) is 13.9 Å². The third kappa shape index (κ3) is 2.75. The zero-order valence-corrected chi connectivity index (χ0v) is 13.2. The van der Waals surface area contributed by atoms with Crippen LogP contribution in [0.5, 0.6) is 0 Å². The molecule has 0 bridgehead atoms. The summed E-state index contributed by atoms with van der Waals surface area (Å²) in [6.45, 7) is 6.91. The smallest absolute Gasteiger partial charge is 0.262 e. The Hall–Kier alpha value is -0.920. The van der Waals surface area contributed by atoms with Crippen LogP contribution in [-0.4, -0.2) is 40.9 Å². The zero-order chi connectivity index (χ0) is 14.9. The Morgan fingerprint density at radius 2 is 2.20 bits per heavy atom. The molecule has 1 aromatic heterocycles. The van der Waals surface area contributed by atoms with E-state index in [1.807, 2.05) is 25.3 Å². The molecule has 2 heterocycles. The van der Waals surface area contributed by atoms with Crippen LogP contribution in [0.1, 0.15) is 38.9 Å². The van der Waals surface area contributed by atoms with Crippen LogP contribution < -0.4 is 5.73 Å². The monoisotopic (exact) mass is 300 g/mol. The van der Waals surface area contributed by atoms with Gasteiger partial charge in [0.25, 0.3) is 10.0 Å². The molecule has 0 aliphatic carbocycles. The van der Waals surface area contributed by atoms with Crippen LogP contribution in [0.25, 0.3) is 0 Å². The molecule has 1 aliphatic heterocycles. The highest BCUT2D eigenvalue weighted by atomic mass is 32.2. The Kier molecular flexibility index (Phi) is 4.51. The largest absolute Gasteiger partial charge is 0.334 e. The Morgan fingerprint density at radius 1 is 1.50 bits per heavy atom. The maximum atomic E-state index is 12.8. The molecule has 1 aliphatic rings. The third-order valence-corrected chi connectivity index (χ3v) is 5.77. The summed E-state index contributed by atoms with van der Waals surface area (Å²) in [6, 6.07) is -0.291. The molecule has 0 spiro atoms. The quantitative estimate of drug-likeness (QED) is 0.903. The Morgan fingerprint density at radius 3 is 2.75 bits per heavy atom. The summed E-state index contributed by atoms with van der Waals surface area (Å²) in [5, 5.41) is 0.143. The number of imidazole rings is 1. The van der Waals surface area contributed by atoms with E-state index in [1.54, 1.807) is 10.5 Å². The minimum atomic E-state index is -3.55. The summed E-state index contributed by atoms with van der Waals surface area (Å²) >= 11 is 0. The van der Waals surface area contributed by atoms with Crippen molar-refractivity contribution < 1.29 is 8.42 Å². The molecule has 1 fully saturated rings. The van der Waals surface area contributed by atoms with Crippen molar-refractivity contribution in [1.29, 1.82) is 0 Å². The number of nitrogens with two attached hydrogens (primary N) is 1. The lowest BCUT2D eigenvalue weighted by molar-refractivity contribution is 0.227. The highest BCUT2D eigenvalue weighted by molar-refractivity contribution is 7.89. The van der Waals surface area contributed by atoms with Gasteiger partial charge in [0, 0.05) is 31.4 Å². The maximum Gasteiger partial charge on any atom is 0.262 e. The van der Waals surface area contributed by atoms with E-state index in [-0.39, 0.29) is 17.1 Å². The molecule has 7 heteroatoms. The van der Waals surface area contributed by atoms with Crippen molar-refractivity contribution in [2.45, 2.75) is 63.7 Å². The number of aryl methyl sites for hydroxylation is 2. The standard InChI is InChI=1S/C13H24N4O2S/c1-4-16-9-13(15-11(16)3)20(18,19)17-8-6-5-7-12(17)10(2)14/h9-10,12H,4-8,14H2,1-3H3. The van der Waals surface area contributed by atoms with Crippen molar-refractivity contribution in [3.63, 3.8) is 0 Å². The molecule has 0 radical (unpaired) electrons. The van der Waals surface area contributed by atoms with Crippen molar-refractivity contribution in [3.8, 4) is 0 Å². The number of piperidine rings is 1. The van der Waals surface area contributed by atoms with Gasteiger partial charge in [0.05, 0.1) is 0 Å². The van der Waals surface area contributed by atoms with Crippen LogP contribution in [0, 0.1) is 6.92 Å². The van der Waals surface area contributed by atoms with E-state index in [2.05, 4.69) is 4.98 Å². The first-order chi connectivity index (χ1) is 9.37. The van der Waals surface area contributed by atoms with E-state index < -0.39 is 10.0 Å². The van der Waals surface area contributed by atoms with Gasteiger partial charge < -0.3 is 10.3 Å². The molecule has 2 atom stereocenters. The molecule has 2 N–H and O–H groups in total. The van der Waals surface area contributed by atoms with Gasteiger partial charge in [-0.25, -0.2) is 13.4 Å². The summed E-state index contributed by atoms with van der Waals surface area (Å²) in [6.07, 6.45) is 4.36. The SMILES string of the molecule is CCn1cc(S(=O)(=O)N2CCCCC2C(C)N)nc1C. The second-order valence-corrected chi connectivity index (χ2v) is 7.29. The van der Waals surface area contributed by atoms with Gasteiger partial charge in [0.1, 0.15) is 5.82 Å².